The van der Waals surface area contributed by atoms with Crippen LogP contribution in [0.15, 0.2) is 12.2 Å². The van der Waals surface area contributed by atoms with Gasteiger partial charge in [0, 0.05) is 6.61 Å². The monoisotopic (exact) mass is 274 g/mol. The van der Waals surface area contributed by atoms with E-state index in [0.29, 0.717) is 6.61 Å². The number of hydrogen-bond acceptors (Lipinski definition) is 5. The summed E-state index contributed by atoms with van der Waals surface area (Å²) in [5, 5.41) is 28.6. The molecule has 1 fully saturated rings. The Balaban J connectivity index is 2.01. The summed E-state index contributed by atoms with van der Waals surface area (Å²) in [5.41, 5.74) is 0. The second-order valence-electron chi connectivity index (χ2n) is 4.87. The van der Waals surface area contributed by atoms with Crippen LogP contribution >= 0.6 is 0 Å². The molecule has 3 N–H and O–H groups in total. The van der Waals surface area contributed by atoms with E-state index in [1.54, 1.807) is 0 Å². The molecule has 5 heteroatoms. The van der Waals surface area contributed by atoms with Crippen LogP contribution in [0, 0.1) is 0 Å². The molecular formula is C14H26O5. The van der Waals surface area contributed by atoms with Crippen molar-refractivity contribution in [1.82, 2.24) is 0 Å². The summed E-state index contributed by atoms with van der Waals surface area (Å²) in [6.45, 7) is 2.88. The van der Waals surface area contributed by atoms with Gasteiger partial charge in [-0.1, -0.05) is 19.1 Å². The maximum absolute atomic E-state index is 9.78. The van der Waals surface area contributed by atoms with Crippen molar-refractivity contribution in [1.29, 1.82) is 0 Å². The van der Waals surface area contributed by atoms with Crippen molar-refractivity contribution in [3.63, 3.8) is 0 Å². The Bertz CT molecular complexity index is 256. The van der Waals surface area contributed by atoms with Crippen LogP contribution < -0.4 is 0 Å². The Labute approximate surface area is 114 Å². The lowest BCUT2D eigenvalue weighted by Gasteiger charge is -2.20. The zero-order valence-corrected chi connectivity index (χ0v) is 11.6. The van der Waals surface area contributed by atoms with Crippen LogP contribution in [0.3, 0.4) is 0 Å². The fraction of sp³-hybridized carbons (Fsp3) is 0.857. The van der Waals surface area contributed by atoms with E-state index < -0.39 is 24.4 Å². The van der Waals surface area contributed by atoms with E-state index in [9.17, 15) is 15.3 Å². The first-order valence-corrected chi connectivity index (χ1v) is 7.05. The highest BCUT2D eigenvalue weighted by Gasteiger charge is 2.39. The number of ether oxygens (including phenoxy) is 2. The van der Waals surface area contributed by atoms with Crippen LogP contribution in [0.4, 0.5) is 0 Å². The Morgan fingerprint density at radius 2 is 2.11 bits per heavy atom. The maximum Gasteiger partial charge on any atom is 0.114 e. The minimum atomic E-state index is -1.03. The highest BCUT2D eigenvalue weighted by Crippen LogP contribution is 2.17. The van der Waals surface area contributed by atoms with Crippen molar-refractivity contribution in [2.45, 2.75) is 57.0 Å². The van der Waals surface area contributed by atoms with E-state index in [4.69, 9.17) is 9.47 Å². The van der Waals surface area contributed by atoms with Crippen molar-refractivity contribution < 1.29 is 24.8 Å². The molecule has 0 unspecified atom stereocenters. The smallest absolute Gasteiger partial charge is 0.114 e. The first-order valence-electron chi connectivity index (χ1n) is 7.05. The summed E-state index contributed by atoms with van der Waals surface area (Å²) >= 11 is 0. The van der Waals surface area contributed by atoms with Crippen molar-refractivity contribution in [2.75, 3.05) is 19.8 Å². The lowest BCUT2D eigenvalue weighted by atomic mass is 10.1. The van der Waals surface area contributed by atoms with Crippen LogP contribution in [0.1, 0.15) is 32.6 Å². The number of allylic oxidation sites excluding steroid dienone is 2. The predicted molar refractivity (Wildman–Crippen MR) is 71.9 cm³/mol. The van der Waals surface area contributed by atoms with Gasteiger partial charge in [-0.05, 0) is 25.7 Å². The molecular weight excluding hydrogens is 248 g/mol. The third-order valence-electron chi connectivity index (χ3n) is 3.17. The number of aliphatic hydroxyl groups is 3. The lowest BCUT2D eigenvalue weighted by Crippen LogP contribution is -2.40. The van der Waals surface area contributed by atoms with Gasteiger partial charge in [0.05, 0.1) is 13.2 Å². The highest BCUT2D eigenvalue weighted by atomic mass is 16.5. The topological polar surface area (TPSA) is 79.2 Å². The molecule has 0 aromatic carbocycles. The van der Waals surface area contributed by atoms with Gasteiger partial charge in [0.1, 0.15) is 24.4 Å². The standard InChI is InChI=1S/C14H26O5/c1-2-3-4-5-6-7-8-18-9-12(16)14-13(17)11(15)10-19-14/h3-4,11-17H,2,5-10H2,1H3/b4-3+/t11-,12+,13+,14+/m1/s1. The minimum Gasteiger partial charge on any atom is -0.388 e. The summed E-state index contributed by atoms with van der Waals surface area (Å²) in [6, 6.07) is 0. The van der Waals surface area contributed by atoms with Gasteiger partial charge in [-0.15, -0.1) is 0 Å². The molecule has 1 heterocycles. The van der Waals surface area contributed by atoms with Gasteiger partial charge in [0.15, 0.2) is 0 Å². The van der Waals surface area contributed by atoms with Crippen LogP contribution in [0.25, 0.3) is 0 Å². The molecule has 1 rings (SSSR count). The van der Waals surface area contributed by atoms with Gasteiger partial charge >= 0.3 is 0 Å². The molecule has 0 saturated carbocycles. The minimum absolute atomic E-state index is 0.0622. The van der Waals surface area contributed by atoms with Crippen LogP contribution in [-0.2, 0) is 9.47 Å². The molecule has 0 aliphatic carbocycles. The number of unbranched alkanes of at least 4 members (excludes halogenated alkanes) is 2. The largest absolute Gasteiger partial charge is 0.388 e. The van der Waals surface area contributed by atoms with Crippen LogP contribution in [0.2, 0.25) is 0 Å². The van der Waals surface area contributed by atoms with Crippen LogP contribution in [-0.4, -0.2) is 59.6 Å². The number of aliphatic hydroxyl groups excluding tert-OH is 3. The van der Waals surface area contributed by atoms with Crippen molar-refractivity contribution in [2.24, 2.45) is 0 Å². The third-order valence-corrected chi connectivity index (χ3v) is 3.17. The number of hydrogen-bond donors (Lipinski definition) is 3. The predicted octanol–water partition coefficient (Wildman–Crippen LogP) is 0.621. The molecule has 0 radical (unpaired) electrons. The fourth-order valence-corrected chi connectivity index (χ4v) is 2.01. The van der Waals surface area contributed by atoms with Gasteiger partial charge in [-0.2, -0.15) is 0 Å². The first kappa shape index (κ1) is 16.6. The van der Waals surface area contributed by atoms with Gasteiger partial charge in [-0.3, -0.25) is 0 Å². The Hall–Kier alpha value is -0.460. The Kier molecular flexibility index (Phi) is 8.25. The molecule has 0 aromatic rings. The molecule has 0 aromatic heterocycles. The lowest BCUT2D eigenvalue weighted by molar-refractivity contribution is -0.0813. The Morgan fingerprint density at radius 1 is 1.32 bits per heavy atom. The third kappa shape index (κ3) is 6.01. The SMILES string of the molecule is CC/C=C/CCCCOC[C@H](O)[C@@H]1OC[C@@H](O)[C@@H]1O. The molecule has 1 saturated heterocycles. The molecule has 1 aliphatic rings. The van der Waals surface area contributed by atoms with Gasteiger partial charge in [0.25, 0.3) is 0 Å². The summed E-state index contributed by atoms with van der Waals surface area (Å²) < 4.78 is 10.5. The molecule has 1 aliphatic heterocycles. The first-order chi connectivity index (χ1) is 9.16. The molecule has 0 amide bonds. The van der Waals surface area contributed by atoms with Gasteiger partial charge in [-0.25, -0.2) is 0 Å². The van der Waals surface area contributed by atoms with E-state index in [1.807, 2.05) is 0 Å². The molecule has 5 nitrogen and oxygen atoms in total. The highest BCUT2D eigenvalue weighted by molar-refractivity contribution is 4.87. The maximum atomic E-state index is 9.78. The second-order valence-corrected chi connectivity index (χ2v) is 4.87. The summed E-state index contributed by atoms with van der Waals surface area (Å²) in [4.78, 5) is 0. The van der Waals surface area contributed by atoms with E-state index in [0.717, 1.165) is 25.7 Å². The normalized spacial score (nSPS) is 29.2. The van der Waals surface area contributed by atoms with E-state index in [1.165, 1.54) is 0 Å². The van der Waals surface area contributed by atoms with Gasteiger partial charge in [0.2, 0.25) is 0 Å². The van der Waals surface area contributed by atoms with Crippen molar-refractivity contribution in [3.8, 4) is 0 Å². The average molecular weight is 274 g/mol. The van der Waals surface area contributed by atoms with Crippen molar-refractivity contribution in [3.05, 3.63) is 12.2 Å². The molecule has 4 atom stereocenters. The van der Waals surface area contributed by atoms with Crippen molar-refractivity contribution >= 4 is 0 Å². The molecule has 19 heavy (non-hydrogen) atoms. The average Bonchev–Trinajstić information content (AvgIpc) is 2.73. The van der Waals surface area contributed by atoms with Crippen LogP contribution in [0.5, 0.6) is 0 Å². The summed E-state index contributed by atoms with van der Waals surface area (Å²) in [7, 11) is 0. The zero-order valence-electron chi connectivity index (χ0n) is 11.6. The number of rotatable bonds is 9. The van der Waals surface area contributed by atoms with E-state index in [-0.39, 0.29) is 13.2 Å². The van der Waals surface area contributed by atoms with E-state index >= 15 is 0 Å². The zero-order chi connectivity index (χ0) is 14.1. The van der Waals surface area contributed by atoms with Gasteiger partial charge < -0.3 is 24.8 Å². The Morgan fingerprint density at radius 3 is 2.74 bits per heavy atom. The molecule has 0 spiro atoms. The summed E-state index contributed by atoms with van der Waals surface area (Å²) in [6.07, 6.45) is 4.85. The second kappa shape index (κ2) is 9.44. The molecule has 0 bridgehead atoms. The van der Waals surface area contributed by atoms with E-state index in [2.05, 4.69) is 19.1 Å². The summed E-state index contributed by atoms with van der Waals surface area (Å²) in [5.74, 6) is 0. The quantitative estimate of drug-likeness (QED) is 0.424. The molecule has 112 valence electrons. The fourth-order valence-electron chi connectivity index (χ4n) is 2.01.